The molecule has 0 fully saturated rings. The summed E-state index contributed by atoms with van der Waals surface area (Å²) in [7, 11) is 0. The number of carboxylic acid groups (broad SMARTS) is 1. The van der Waals surface area contributed by atoms with E-state index in [0.29, 0.717) is 12.5 Å². The Balaban J connectivity index is 2.58. The fourth-order valence-corrected chi connectivity index (χ4v) is 0.961. The first-order valence-corrected chi connectivity index (χ1v) is 5.25. The summed E-state index contributed by atoms with van der Waals surface area (Å²) < 4.78 is 5.00. The molecule has 0 saturated heterocycles. The van der Waals surface area contributed by atoms with Crippen molar-refractivity contribution in [3.8, 4) is 0 Å². The third-order valence-corrected chi connectivity index (χ3v) is 2.98. The van der Waals surface area contributed by atoms with Crippen LogP contribution in [0.4, 0.5) is 6.01 Å². The van der Waals surface area contributed by atoms with Crippen molar-refractivity contribution in [1.29, 1.82) is 0 Å². The molecule has 0 bridgehead atoms. The predicted molar refractivity (Wildman–Crippen MR) is 60.6 cm³/mol. The highest BCUT2D eigenvalue weighted by Crippen LogP contribution is 2.26. The lowest BCUT2D eigenvalue weighted by atomic mass is 9.81. The maximum Gasteiger partial charge on any atom is 0.357 e. The molecular formula is C11H18N2O3. The van der Waals surface area contributed by atoms with Crippen LogP contribution in [0.3, 0.4) is 0 Å². The molecule has 1 heterocycles. The summed E-state index contributed by atoms with van der Waals surface area (Å²) in [6, 6.07) is 0.256. The number of aromatic nitrogens is 1. The number of hydrogen-bond acceptors (Lipinski definition) is 4. The third-order valence-electron chi connectivity index (χ3n) is 2.98. The van der Waals surface area contributed by atoms with Gasteiger partial charge in [0.1, 0.15) is 6.26 Å². The van der Waals surface area contributed by atoms with Gasteiger partial charge in [-0.2, -0.15) is 4.98 Å². The van der Waals surface area contributed by atoms with Crippen LogP contribution >= 0.6 is 0 Å². The van der Waals surface area contributed by atoms with E-state index in [4.69, 9.17) is 9.52 Å². The van der Waals surface area contributed by atoms with Gasteiger partial charge in [-0.05, 0) is 11.3 Å². The van der Waals surface area contributed by atoms with Gasteiger partial charge in [-0.15, -0.1) is 0 Å². The van der Waals surface area contributed by atoms with E-state index in [1.165, 1.54) is 0 Å². The molecule has 0 atom stereocenters. The smallest absolute Gasteiger partial charge is 0.357 e. The number of carboxylic acids is 1. The molecule has 90 valence electrons. The van der Waals surface area contributed by atoms with Crippen molar-refractivity contribution >= 4 is 12.0 Å². The lowest BCUT2D eigenvalue weighted by Crippen LogP contribution is -2.28. The van der Waals surface area contributed by atoms with Gasteiger partial charge >= 0.3 is 5.97 Å². The molecule has 0 aliphatic heterocycles. The topological polar surface area (TPSA) is 75.4 Å². The molecule has 0 radical (unpaired) electrons. The molecule has 16 heavy (non-hydrogen) atoms. The van der Waals surface area contributed by atoms with Crippen LogP contribution in [0.15, 0.2) is 10.7 Å². The lowest BCUT2D eigenvalue weighted by Gasteiger charge is -2.28. The number of oxazole rings is 1. The van der Waals surface area contributed by atoms with Crippen molar-refractivity contribution in [2.24, 2.45) is 11.3 Å². The molecule has 0 aliphatic rings. The molecule has 0 unspecified atom stereocenters. The van der Waals surface area contributed by atoms with Gasteiger partial charge in [-0.3, -0.25) is 0 Å². The highest BCUT2D eigenvalue weighted by atomic mass is 16.4. The molecule has 5 nitrogen and oxygen atoms in total. The molecule has 1 aromatic rings. The first kappa shape index (κ1) is 12.5. The normalized spacial score (nSPS) is 11.8. The van der Waals surface area contributed by atoms with Gasteiger partial charge in [0.25, 0.3) is 6.01 Å². The Morgan fingerprint density at radius 2 is 2.25 bits per heavy atom. The second kappa shape index (κ2) is 4.55. The van der Waals surface area contributed by atoms with Crippen LogP contribution in [0.1, 0.15) is 38.2 Å². The van der Waals surface area contributed by atoms with E-state index in [9.17, 15) is 4.79 Å². The SMILES string of the molecule is CC(C)C(C)(C)CNc1nc(C(=O)O)co1. The number of hydrogen-bond donors (Lipinski definition) is 2. The zero-order valence-electron chi connectivity index (χ0n) is 10.1. The van der Waals surface area contributed by atoms with Gasteiger partial charge < -0.3 is 14.8 Å². The fourth-order valence-electron chi connectivity index (χ4n) is 0.961. The number of nitrogens with one attached hydrogen (secondary N) is 1. The zero-order valence-corrected chi connectivity index (χ0v) is 10.1. The molecule has 2 N–H and O–H groups in total. The third kappa shape index (κ3) is 2.98. The maximum absolute atomic E-state index is 10.6. The molecule has 0 amide bonds. The molecular weight excluding hydrogens is 208 g/mol. The Kier molecular flexibility index (Phi) is 3.57. The second-order valence-electron chi connectivity index (χ2n) is 4.84. The largest absolute Gasteiger partial charge is 0.476 e. The first-order chi connectivity index (χ1) is 7.33. The predicted octanol–water partition coefficient (Wildman–Crippen LogP) is 2.47. The van der Waals surface area contributed by atoms with Gasteiger partial charge in [0, 0.05) is 6.54 Å². The Hall–Kier alpha value is -1.52. The van der Waals surface area contributed by atoms with E-state index < -0.39 is 5.97 Å². The van der Waals surface area contributed by atoms with Crippen LogP contribution in [0.25, 0.3) is 0 Å². The van der Waals surface area contributed by atoms with Gasteiger partial charge in [0.2, 0.25) is 0 Å². The standard InChI is InChI=1S/C11H18N2O3/c1-7(2)11(3,4)6-12-10-13-8(5-16-10)9(14)15/h5,7H,6H2,1-4H3,(H,12,13)(H,14,15). The van der Waals surface area contributed by atoms with Gasteiger partial charge in [-0.1, -0.05) is 27.7 Å². The van der Waals surface area contributed by atoms with Gasteiger partial charge in [0.15, 0.2) is 5.69 Å². The maximum atomic E-state index is 10.6. The second-order valence-corrected chi connectivity index (χ2v) is 4.84. The van der Waals surface area contributed by atoms with Crippen LogP contribution in [-0.4, -0.2) is 22.6 Å². The van der Waals surface area contributed by atoms with Gasteiger partial charge in [0.05, 0.1) is 0 Å². The Labute approximate surface area is 94.9 Å². The summed E-state index contributed by atoms with van der Waals surface area (Å²) in [6.07, 6.45) is 1.13. The van der Waals surface area contributed by atoms with E-state index in [-0.39, 0.29) is 17.1 Å². The molecule has 1 rings (SSSR count). The fraction of sp³-hybridized carbons (Fsp3) is 0.636. The van der Waals surface area contributed by atoms with Crippen LogP contribution in [-0.2, 0) is 0 Å². The summed E-state index contributed by atoms with van der Waals surface area (Å²) in [5, 5.41) is 11.7. The van der Waals surface area contributed by atoms with E-state index in [1.807, 2.05) is 0 Å². The molecule has 0 aliphatic carbocycles. The monoisotopic (exact) mass is 226 g/mol. The van der Waals surface area contributed by atoms with E-state index in [2.05, 4.69) is 38.0 Å². The van der Waals surface area contributed by atoms with Crippen molar-refractivity contribution in [1.82, 2.24) is 4.98 Å². The van der Waals surface area contributed by atoms with E-state index in [1.54, 1.807) is 0 Å². The summed E-state index contributed by atoms with van der Waals surface area (Å²) in [4.78, 5) is 14.4. The van der Waals surface area contributed by atoms with Crippen LogP contribution < -0.4 is 5.32 Å². The highest BCUT2D eigenvalue weighted by Gasteiger charge is 2.22. The van der Waals surface area contributed by atoms with Crippen molar-refractivity contribution in [2.45, 2.75) is 27.7 Å². The summed E-state index contributed by atoms with van der Waals surface area (Å²) in [5.41, 5.74) is 0.0163. The molecule has 0 aromatic carbocycles. The minimum Gasteiger partial charge on any atom is -0.476 e. The average Bonchev–Trinajstić information content (AvgIpc) is 2.63. The van der Waals surface area contributed by atoms with E-state index in [0.717, 1.165) is 6.26 Å². The molecule has 5 heteroatoms. The number of rotatable bonds is 5. The Bertz CT molecular complexity index is 369. The minimum atomic E-state index is -1.08. The van der Waals surface area contributed by atoms with Crippen LogP contribution in [0, 0.1) is 11.3 Å². The van der Waals surface area contributed by atoms with Crippen molar-refractivity contribution in [3.63, 3.8) is 0 Å². The summed E-state index contributed by atoms with van der Waals surface area (Å²) >= 11 is 0. The lowest BCUT2D eigenvalue weighted by molar-refractivity contribution is 0.0690. The van der Waals surface area contributed by atoms with Crippen LogP contribution in [0.2, 0.25) is 0 Å². The first-order valence-electron chi connectivity index (χ1n) is 5.25. The quantitative estimate of drug-likeness (QED) is 0.806. The van der Waals surface area contributed by atoms with Crippen molar-refractivity contribution in [3.05, 3.63) is 12.0 Å². The molecule has 0 spiro atoms. The number of anilines is 1. The van der Waals surface area contributed by atoms with Crippen molar-refractivity contribution < 1.29 is 14.3 Å². The number of carbonyl (C=O) groups is 1. The van der Waals surface area contributed by atoms with Crippen molar-refractivity contribution in [2.75, 3.05) is 11.9 Å². The molecule has 0 saturated carbocycles. The van der Waals surface area contributed by atoms with E-state index >= 15 is 0 Å². The Morgan fingerprint density at radius 3 is 2.69 bits per heavy atom. The average molecular weight is 226 g/mol. The number of nitrogens with zero attached hydrogens (tertiary/aromatic N) is 1. The van der Waals surface area contributed by atoms with Gasteiger partial charge in [-0.25, -0.2) is 4.79 Å². The summed E-state index contributed by atoms with van der Waals surface area (Å²) in [5.74, 6) is -0.575. The van der Waals surface area contributed by atoms with Crippen LogP contribution in [0.5, 0.6) is 0 Å². The highest BCUT2D eigenvalue weighted by molar-refractivity contribution is 5.85. The Morgan fingerprint density at radius 1 is 1.62 bits per heavy atom. The summed E-state index contributed by atoms with van der Waals surface area (Å²) in [6.45, 7) is 9.22. The minimum absolute atomic E-state index is 0.0788. The zero-order chi connectivity index (χ0) is 12.3. The molecule has 1 aromatic heterocycles. The number of aromatic carboxylic acids is 1.